The Bertz CT molecular complexity index is 543. The van der Waals surface area contributed by atoms with Gasteiger partial charge in [0, 0.05) is 18.6 Å². The molecule has 0 N–H and O–H groups in total. The van der Waals surface area contributed by atoms with Gasteiger partial charge in [0.2, 0.25) is 0 Å². The van der Waals surface area contributed by atoms with Crippen molar-refractivity contribution in [3.8, 4) is 17.6 Å². The Labute approximate surface area is 135 Å². The Balaban J connectivity index is 1.71. The van der Waals surface area contributed by atoms with Crippen LogP contribution in [0.15, 0.2) is 24.3 Å². The molecular weight excluding hydrogens is 304 g/mol. The van der Waals surface area contributed by atoms with E-state index in [-0.39, 0.29) is 11.7 Å². The first-order valence-corrected chi connectivity index (χ1v) is 9.02. The highest BCUT2D eigenvalue weighted by atomic mass is 35.5. The number of benzene rings is 1. The molecule has 0 saturated carbocycles. The van der Waals surface area contributed by atoms with E-state index in [2.05, 4.69) is 11.8 Å². The molecule has 2 nitrogen and oxygen atoms in total. The van der Waals surface area contributed by atoms with E-state index >= 15 is 0 Å². The molecule has 2 saturated heterocycles. The lowest BCUT2D eigenvalue weighted by Gasteiger charge is -2.37. The summed E-state index contributed by atoms with van der Waals surface area (Å²) in [6.07, 6.45) is 3.29. The molecule has 2 aliphatic rings. The molecule has 0 aromatic heterocycles. The Kier molecular flexibility index (Phi) is 5.00. The van der Waals surface area contributed by atoms with Crippen molar-refractivity contribution in [2.24, 2.45) is 0 Å². The SMILES string of the molecule is ClCC#Cc1ccccc1OC1CCOC2(CCSC2)C1. The predicted molar refractivity (Wildman–Crippen MR) is 88.3 cm³/mol. The van der Waals surface area contributed by atoms with Crippen LogP contribution in [0.4, 0.5) is 0 Å². The summed E-state index contributed by atoms with van der Waals surface area (Å²) in [6.45, 7) is 0.792. The summed E-state index contributed by atoms with van der Waals surface area (Å²) in [5, 5.41) is 0. The van der Waals surface area contributed by atoms with E-state index in [1.54, 1.807) is 0 Å². The zero-order valence-electron chi connectivity index (χ0n) is 11.9. The fourth-order valence-corrected chi connectivity index (χ4v) is 4.37. The van der Waals surface area contributed by atoms with E-state index in [0.29, 0.717) is 5.88 Å². The summed E-state index contributed by atoms with van der Waals surface area (Å²) in [5.41, 5.74) is 0.962. The lowest BCUT2D eigenvalue weighted by atomic mass is 9.91. The van der Waals surface area contributed by atoms with Gasteiger partial charge >= 0.3 is 0 Å². The number of halogens is 1. The van der Waals surface area contributed by atoms with Crippen LogP contribution in [0.5, 0.6) is 5.75 Å². The number of alkyl halides is 1. The first-order valence-electron chi connectivity index (χ1n) is 7.34. The molecule has 2 unspecified atom stereocenters. The van der Waals surface area contributed by atoms with E-state index in [9.17, 15) is 0 Å². The van der Waals surface area contributed by atoms with E-state index in [1.165, 1.54) is 5.75 Å². The van der Waals surface area contributed by atoms with Crippen LogP contribution in [0.1, 0.15) is 24.8 Å². The normalized spacial score (nSPS) is 28.1. The molecule has 112 valence electrons. The molecule has 3 rings (SSSR count). The van der Waals surface area contributed by atoms with Crippen molar-refractivity contribution in [3.63, 3.8) is 0 Å². The molecule has 0 aliphatic carbocycles. The Morgan fingerprint density at radius 3 is 3.14 bits per heavy atom. The highest BCUT2D eigenvalue weighted by Crippen LogP contribution is 2.39. The topological polar surface area (TPSA) is 18.5 Å². The summed E-state index contributed by atoms with van der Waals surface area (Å²) in [6, 6.07) is 7.94. The van der Waals surface area contributed by atoms with Gasteiger partial charge in [0.05, 0.1) is 23.7 Å². The molecule has 0 amide bonds. The van der Waals surface area contributed by atoms with Crippen LogP contribution >= 0.6 is 23.4 Å². The first-order chi connectivity index (χ1) is 10.3. The van der Waals surface area contributed by atoms with Crippen molar-refractivity contribution in [2.45, 2.75) is 31.0 Å². The Morgan fingerprint density at radius 1 is 1.43 bits per heavy atom. The van der Waals surface area contributed by atoms with Gasteiger partial charge in [0.25, 0.3) is 0 Å². The fourth-order valence-electron chi connectivity index (χ4n) is 2.93. The van der Waals surface area contributed by atoms with Gasteiger partial charge in [-0.05, 0) is 24.3 Å². The molecule has 21 heavy (non-hydrogen) atoms. The van der Waals surface area contributed by atoms with Crippen LogP contribution in [-0.2, 0) is 4.74 Å². The molecule has 2 aliphatic heterocycles. The van der Waals surface area contributed by atoms with Crippen molar-refractivity contribution in [3.05, 3.63) is 29.8 Å². The maximum absolute atomic E-state index is 6.24. The lowest BCUT2D eigenvalue weighted by Crippen LogP contribution is -2.43. The quantitative estimate of drug-likeness (QED) is 0.611. The number of para-hydroxylation sites is 1. The zero-order chi connectivity index (χ0) is 14.5. The third-order valence-corrected chi connectivity index (χ3v) is 5.34. The van der Waals surface area contributed by atoms with Gasteiger partial charge in [-0.3, -0.25) is 0 Å². The van der Waals surface area contributed by atoms with Crippen molar-refractivity contribution in [2.75, 3.05) is 24.0 Å². The van der Waals surface area contributed by atoms with Crippen LogP contribution in [0.2, 0.25) is 0 Å². The number of thioether (sulfide) groups is 1. The largest absolute Gasteiger partial charge is 0.489 e. The highest BCUT2D eigenvalue weighted by molar-refractivity contribution is 7.99. The van der Waals surface area contributed by atoms with Gasteiger partial charge in [-0.25, -0.2) is 0 Å². The highest BCUT2D eigenvalue weighted by Gasteiger charge is 2.41. The minimum absolute atomic E-state index is 0.0460. The third kappa shape index (κ3) is 3.69. The standard InChI is InChI=1S/C17H19ClO2S/c18-9-3-5-14-4-1-2-6-16(14)20-15-7-10-19-17(12-15)8-11-21-13-17/h1-2,4,6,15H,7-13H2. The van der Waals surface area contributed by atoms with Gasteiger partial charge in [-0.2, -0.15) is 11.8 Å². The van der Waals surface area contributed by atoms with E-state index in [1.807, 2.05) is 36.0 Å². The molecule has 1 aromatic carbocycles. The average molecular weight is 323 g/mol. The zero-order valence-corrected chi connectivity index (χ0v) is 13.5. The number of ether oxygens (including phenoxy) is 2. The Morgan fingerprint density at radius 2 is 2.33 bits per heavy atom. The first kappa shape index (κ1) is 15.1. The maximum Gasteiger partial charge on any atom is 0.135 e. The molecule has 0 bridgehead atoms. The van der Waals surface area contributed by atoms with Crippen LogP contribution in [0, 0.1) is 11.8 Å². The smallest absolute Gasteiger partial charge is 0.135 e. The lowest BCUT2D eigenvalue weighted by molar-refractivity contribution is -0.0959. The monoisotopic (exact) mass is 322 g/mol. The van der Waals surface area contributed by atoms with Gasteiger partial charge in [0.1, 0.15) is 11.9 Å². The summed E-state index contributed by atoms with van der Waals surface area (Å²) in [4.78, 5) is 0. The molecule has 2 heterocycles. The Hall–Kier alpha value is -0.820. The molecule has 0 radical (unpaired) electrons. The average Bonchev–Trinajstić information content (AvgIpc) is 2.94. The van der Waals surface area contributed by atoms with E-state index in [4.69, 9.17) is 21.1 Å². The summed E-state index contributed by atoms with van der Waals surface area (Å²) in [7, 11) is 0. The van der Waals surface area contributed by atoms with Crippen molar-refractivity contribution in [1.82, 2.24) is 0 Å². The predicted octanol–water partition coefficient (Wildman–Crippen LogP) is 3.71. The maximum atomic E-state index is 6.24. The van der Waals surface area contributed by atoms with Gasteiger partial charge in [0.15, 0.2) is 0 Å². The summed E-state index contributed by atoms with van der Waals surface area (Å²) < 4.78 is 12.3. The van der Waals surface area contributed by atoms with Crippen LogP contribution < -0.4 is 4.74 Å². The minimum atomic E-state index is 0.0460. The van der Waals surface area contributed by atoms with Crippen LogP contribution in [-0.4, -0.2) is 35.7 Å². The van der Waals surface area contributed by atoms with Crippen LogP contribution in [0.3, 0.4) is 0 Å². The van der Waals surface area contributed by atoms with Crippen molar-refractivity contribution in [1.29, 1.82) is 0 Å². The summed E-state index contributed by atoms with van der Waals surface area (Å²) in [5.74, 6) is 9.47. The molecular formula is C17H19ClO2S. The van der Waals surface area contributed by atoms with Gasteiger partial charge < -0.3 is 9.47 Å². The fraction of sp³-hybridized carbons (Fsp3) is 0.529. The molecule has 4 heteroatoms. The molecule has 2 atom stereocenters. The summed E-state index contributed by atoms with van der Waals surface area (Å²) >= 11 is 7.63. The number of hydrogen-bond donors (Lipinski definition) is 0. The van der Waals surface area contributed by atoms with E-state index in [0.717, 1.165) is 42.9 Å². The number of rotatable bonds is 2. The second-order valence-corrected chi connectivity index (χ2v) is 6.87. The van der Waals surface area contributed by atoms with E-state index < -0.39 is 0 Å². The second kappa shape index (κ2) is 6.96. The second-order valence-electron chi connectivity index (χ2n) is 5.50. The van der Waals surface area contributed by atoms with Gasteiger partial charge in [-0.15, -0.1) is 11.6 Å². The van der Waals surface area contributed by atoms with Crippen LogP contribution in [0.25, 0.3) is 0 Å². The third-order valence-electron chi connectivity index (χ3n) is 3.99. The minimum Gasteiger partial charge on any atom is -0.489 e. The number of hydrogen-bond acceptors (Lipinski definition) is 3. The van der Waals surface area contributed by atoms with Gasteiger partial charge in [-0.1, -0.05) is 24.0 Å². The molecule has 2 fully saturated rings. The molecule has 1 aromatic rings. The van der Waals surface area contributed by atoms with Crippen molar-refractivity contribution >= 4 is 23.4 Å². The molecule has 1 spiro atoms. The van der Waals surface area contributed by atoms with Crippen molar-refractivity contribution < 1.29 is 9.47 Å².